The third-order valence-corrected chi connectivity index (χ3v) is 4.78. The number of benzene rings is 1. The molecule has 0 heterocycles. The molecule has 1 nitrogen and oxygen atoms in total. The molecule has 0 aromatic heterocycles. The second kappa shape index (κ2) is 3.33. The lowest BCUT2D eigenvalue weighted by atomic mass is 9.56. The molecule has 0 amide bonds. The standard InChI is InChI=1S/C13H16BrN/c14-10-4-2-9-3-5-12(15)13(6-1-7-13)11(9)8-10/h2,4,8,12H,1,3,5-7,15H2. The first-order valence-electron chi connectivity index (χ1n) is 5.77. The molecule has 0 saturated heterocycles. The van der Waals surface area contributed by atoms with E-state index in [1.807, 2.05) is 0 Å². The van der Waals surface area contributed by atoms with Gasteiger partial charge < -0.3 is 5.73 Å². The zero-order chi connectivity index (χ0) is 10.5. The molecule has 2 N–H and O–H groups in total. The number of rotatable bonds is 0. The van der Waals surface area contributed by atoms with Crippen molar-refractivity contribution in [1.29, 1.82) is 0 Å². The van der Waals surface area contributed by atoms with Crippen molar-refractivity contribution in [2.24, 2.45) is 5.73 Å². The van der Waals surface area contributed by atoms with E-state index in [2.05, 4.69) is 34.1 Å². The molecule has 0 bridgehead atoms. The van der Waals surface area contributed by atoms with Crippen molar-refractivity contribution in [2.75, 3.05) is 0 Å². The average molecular weight is 266 g/mol. The summed E-state index contributed by atoms with van der Waals surface area (Å²) in [5, 5.41) is 0. The Balaban J connectivity index is 2.14. The van der Waals surface area contributed by atoms with Gasteiger partial charge in [0.1, 0.15) is 0 Å². The van der Waals surface area contributed by atoms with Crippen molar-refractivity contribution in [1.82, 2.24) is 0 Å². The number of hydrogen-bond acceptors (Lipinski definition) is 1. The molecular formula is C13H16BrN. The fourth-order valence-corrected chi connectivity index (χ4v) is 3.58. The van der Waals surface area contributed by atoms with Gasteiger partial charge in [0.25, 0.3) is 0 Å². The number of halogens is 1. The average Bonchev–Trinajstić information content (AvgIpc) is 2.14. The highest BCUT2D eigenvalue weighted by Crippen LogP contribution is 2.50. The summed E-state index contributed by atoms with van der Waals surface area (Å²) in [4.78, 5) is 0. The predicted octanol–water partition coefficient (Wildman–Crippen LogP) is 3.14. The van der Waals surface area contributed by atoms with Crippen LogP contribution in [0.25, 0.3) is 0 Å². The van der Waals surface area contributed by atoms with Gasteiger partial charge in [0.2, 0.25) is 0 Å². The smallest absolute Gasteiger partial charge is 0.0178 e. The fraction of sp³-hybridized carbons (Fsp3) is 0.538. The molecule has 2 aliphatic carbocycles. The summed E-state index contributed by atoms with van der Waals surface area (Å²) < 4.78 is 1.20. The summed E-state index contributed by atoms with van der Waals surface area (Å²) in [5.74, 6) is 0. The Bertz CT molecular complexity index is 396. The number of nitrogens with two attached hydrogens (primary N) is 1. The molecule has 1 unspecified atom stereocenters. The van der Waals surface area contributed by atoms with Crippen LogP contribution in [0.2, 0.25) is 0 Å². The molecule has 1 fully saturated rings. The first kappa shape index (κ1) is 9.86. The maximum atomic E-state index is 6.32. The van der Waals surface area contributed by atoms with Crippen LogP contribution in [0.5, 0.6) is 0 Å². The van der Waals surface area contributed by atoms with E-state index >= 15 is 0 Å². The molecule has 2 heteroatoms. The molecule has 1 aromatic rings. The zero-order valence-corrected chi connectivity index (χ0v) is 10.4. The van der Waals surface area contributed by atoms with Gasteiger partial charge in [-0.3, -0.25) is 0 Å². The van der Waals surface area contributed by atoms with Gasteiger partial charge in [0.15, 0.2) is 0 Å². The molecular weight excluding hydrogens is 250 g/mol. The van der Waals surface area contributed by atoms with Gasteiger partial charge in [-0.25, -0.2) is 0 Å². The molecule has 15 heavy (non-hydrogen) atoms. The Labute approximate surface area is 99.2 Å². The minimum atomic E-state index is 0.331. The second-order valence-corrected chi connectivity index (χ2v) is 5.87. The minimum absolute atomic E-state index is 0.331. The minimum Gasteiger partial charge on any atom is -0.327 e. The molecule has 1 saturated carbocycles. The third kappa shape index (κ3) is 1.31. The van der Waals surface area contributed by atoms with Gasteiger partial charge in [0.05, 0.1) is 0 Å². The van der Waals surface area contributed by atoms with Crippen LogP contribution in [-0.2, 0) is 11.8 Å². The molecule has 2 aliphatic rings. The van der Waals surface area contributed by atoms with Crippen LogP contribution in [0.1, 0.15) is 36.8 Å². The monoisotopic (exact) mass is 265 g/mol. The van der Waals surface area contributed by atoms with Gasteiger partial charge in [-0.2, -0.15) is 0 Å². The van der Waals surface area contributed by atoms with Crippen LogP contribution in [0, 0.1) is 0 Å². The van der Waals surface area contributed by atoms with Gasteiger partial charge in [-0.15, -0.1) is 0 Å². The number of hydrogen-bond donors (Lipinski definition) is 1. The summed E-state index contributed by atoms with van der Waals surface area (Å²) in [6.45, 7) is 0. The molecule has 0 radical (unpaired) electrons. The van der Waals surface area contributed by atoms with Crippen LogP contribution in [0.4, 0.5) is 0 Å². The number of fused-ring (bicyclic) bond motifs is 2. The van der Waals surface area contributed by atoms with Crippen LogP contribution >= 0.6 is 15.9 Å². The summed E-state index contributed by atoms with van der Waals surface area (Å²) in [5.41, 5.74) is 9.71. The lowest BCUT2D eigenvalue weighted by Crippen LogP contribution is -2.53. The highest BCUT2D eigenvalue weighted by atomic mass is 79.9. The van der Waals surface area contributed by atoms with Crippen molar-refractivity contribution in [3.05, 3.63) is 33.8 Å². The predicted molar refractivity (Wildman–Crippen MR) is 66.0 cm³/mol. The van der Waals surface area contributed by atoms with Crippen molar-refractivity contribution < 1.29 is 0 Å². The first-order chi connectivity index (χ1) is 7.22. The molecule has 1 atom stereocenters. The van der Waals surface area contributed by atoms with Crippen molar-refractivity contribution in [3.63, 3.8) is 0 Å². The lowest BCUT2D eigenvalue weighted by molar-refractivity contribution is 0.176. The summed E-state index contributed by atoms with van der Waals surface area (Å²) >= 11 is 3.57. The zero-order valence-electron chi connectivity index (χ0n) is 8.80. The second-order valence-electron chi connectivity index (χ2n) is 4.96. The van der Waals surface area contributed by atoms with E-state index < -0.39 is 0 Å². The molecule has 80 valence electrons. The molecule has 1 aromatic carbocycles. The van der Waals surface area contributed by atoms with E-state index in [1.54, 1.807) is 0 Å². The molecule has 3 rings (SSSR count). The maximum absolute atomic E-state index is 6.32. The van der Waals surface area contributed by atoms with E-state index in [9.17, 15) is 0 Å². The molecule has 1 spiro atoms. The Kier molecular flexibility index (Phi) is 2.18. The topological polar surface area (TPSA) is 26.0 Å². The Morgan fingerprint density at radius 1 is 1.33 bits per heavy atom. The first-order valence-corrected chi connectivity index (χ1v) is 6.56. The maximum Gasteiger partial charge on any atom is 0.0178 e. The summed E-state index contributed by atoms with van der Waals surface area (Å²) in [7, 11) is 0. The largest absolute Gasteiger partial charge is 0.327 e. The lowest BCUT2D eigenvalue weighted by Gasteiger charge is -2.50. The van der Waals surface area contributed by atoms with E-state index in [-0.39, 0.29) is 0 Å². The SMILES string of the molecule is NC1CCc2ccc(Br)cc2C12CCC2. The van der Waals surface area contributed by atoms with E-state index in [1.165, 1.54) is 34.9 Å². The Hall–Kier alpha value is -0.340. The van der Waals surface area contributed by atoms with E-state index in [0.29, 0.717) is 11.5 Å². The van der Waals surface area contributed by atoms with Crippen LogP contribution in [0.3, 0.4) is 0 Å². The Morgan fingerprint density at radius 3 is 2.80 bits per heavy atom. The number of aryl methyl sites for hydroxylation is 1. The molecule has 0 aliphatic heterocycles. The summed E-state index contributed by atoms with van der Waals surface area (Å²) in [6, 6.07) is 7.11. The normalized spacial score (nSPS) is 27.2. The fourth-order valence-electron chi connectivity index (χ4n) is 3.22. The van der Waals surface area contributed by atoms with Crippen molar-refractivity contribution in [3.8, 4) is 0 Å². The summed E-state index contributed by atoms with van der Waals surface area (Å²) in [6.07, 6.45) is 6.25. The van der Waals surface area contributed by atoms with Crippen molar-refractivity contribution in [2.45, 2.75) is 43.6 Å². The van der Waals surface area contributed by atoms with Gasteiger partial charge in [-0.05, 0) is 48.9 Å². The van der Waals surface area contributed by atoms with Crippen molar-refractivity contribution >= 4 is 15.9 Å². The highest BCUT2D eigenvalue weighted by Gasteiger charge is 2.46. The highest BCUT2D eigenvalue weighted by molar-refractivity contribution is 9.10. The third-order valence-electron chi connectivity index (χ3n) is 4.29. The quantitative estimate of drug-likeness (QED) is 0.767. The van der Waals surface area contributed by atoms with Crippen LogP contribution < -0.4 is 5.73 Å². The van der Waals surface area contributed by atoms with E-state index in [4.69, 9.17) is 5.73 Å². The van der Waals surface area contributed by atoms with Crippen LogP contribution in [-0.4, -0.2) is 6.04 Å². The van der Waals surface area contributed by atoms with Gasteiger partial charge in [-0.1, -0.05) is 28.4 Å². The van der Waals surface area contributed by atoms with E-state index in [0.717, 1.165) is 12.8 Å². The van der Waals surface area contributed by atoms with Gasteiger partial charge >= 0.3 is 0 Å². The van der Waals surface area contributed by atoms with Gasteiger partial charge in [0, 0.05) is 15.9 Å². The Morgan fingerprint density at radius 2 is 2.13 bits per heavy atom. The van der Waals surface area contributed by atoms with Crippen LogP contribution in [0.15, 0.2) is 22.7 Å².